The molecule has 1 aromatic carbocycles. The molecule has 1 saturated heterocycles. The molecule has 1 fully saturated rings. The van der Waals surface area contributed by atoms with Crippen molar-refractivity contribution in [3.05, 3.63) is 29.3 Å². The van der Waals surface area contributed by atoms with Crippen LogP contribution in [0, 0.1) is 0 Å². The Balaban J connectivity index is 2.25. The van der Waals surface area contributed by atoms with E-state index < -0.39 is 0 Å². The van der Waals surface area contributed by atoms with Crippen molar-refractivity contribution in [3.8, 4) is 0 Å². The number of rotatable bonds is 1. The molecule has 76 valence electrons. The summed E-state index contributed by atoms with van der Waals surface area (Å²) in [6.45, 7) is 4.58. The van der Waals surface area contributed by atoms with Gasteiger partial charge in [-0.3, -0.25) is 0 Å². The van der Waals surface area contributed by atoms with Crippen LogP contribution in [-0.2, 0) is 0 Å². The van der Waals surface area contributed by atoms with Crippen molar-refractivity contribution in [1.29, 1.82) is 0 Å². The summed E-state index contributed by atoms with van der Waals surface area (Å²) in [5, 5.41) is 0.813. The van der Waals surface area contributed by atoms with Gasteiger partial charge in [0.2, 0.25) is 0 Å². The highest BCUT2D eigenvalue weighted by molar-refractivity contribution is 6.30. The van der Waals surface area contributed by atoms with Crippen LogP contribution in [0.4, 0.5) is 5.69 Å². The molecular weight excluding hydrogens is 194 g/mol. The first-order chi connectivity index (χ1) is 6.68. The Labute approximate surface area is 90.7 Å². The van der Waals surface area contributed by atoms with Gasteiger partial charge in [0.1, 0.15) is 0 Å². The lowest BCUT2D eigenvalue weighted by molar-refractivity contribution is 0.694. The van der Waals surface area contributed by atoms with Gasteiger partial charge in [-0.1, -0.05) is 11.6 Å². The van der Waals surface area contributed by atoms with Crippen molar-refractivity contribution < 1.29 is 0 Å². The smallest absolute Gasteiger partial charge is 0.0407 e. The van der Waals surface area contributed by atoms with Gasteiger partial charge in [-0.05, 0) is 51.0 Å². The molecular formula is C12H16ClN. The number of benzene rings is 1. The lowest BCUT2D eigenvalue weighted by Gasteiger charge is -2.28. The van der Waals surface area contributed by atoms with Gasteiger partial charge in [0, 0.05) is 22.8 Å². The molecule has 1 nitrogen and oxygen atoms in total. The van der Waals surface area contributed by atoms with Gasteiger partial charge in [-0.2, -0.15) is 0 Å². The number of halogens is 1. The van der Waals surface area contributed by atoms with Crippen LogP contribution in [0.1, 0.15) is 26.7 Å². The molecule has 0 bridgehead atoms. The van der Waals surface area contributed by atoms with Gasteiger partial charge in [0.15, 0.2) is 0 Å². The summed E-state index contributed by atoms with van der Waals surface area (Å²) >= 11 is 5.87. The second-order valence-corrected chi connectivity index (χ2v) is 4.60. The lowest BCUT2D eigenvalue weighted by atomic mass is 10.2. The zero-order chi connectivity index (χ0) is 10.1. The van der Waals surface area contributed by atoms with Crippen molar-refractivity contribution in [2.45, 2.75) is 38.8 Å². The van der Waals surface area contributed by atoms with Gasteiger partial charge in [0.25, 0.3) is 0 Å². The predicted octanol–water partition coefficient (Wildman–Crippen LogP) is 3.72. The van der Waals surface area contributed by atoms with Gasteiger partial charge in [-0.15, -0.1) is 0 Å². The Morgan fingerprint density at radius 1 is 1.07 bits per heavy atom. The maximum Gasteiger partial charge on any atom is 0.0407 e. The van der Waals surface area contributed by atoms with Crippen LogP contribution >= 0.6 is 11.6 Å². The number of hydrogen-bond acceptors (Lipinski definition) is 1. The first-order valence-corrected chi connectivity index (χ1v) is 5.60. The fourth-order valence-electron chi connectivity index (χ4n) is 2.32. The van der Waals surface area contributed by atoms with Crippen molar-refractivity contribution in [1.82, 2.24) is 0 Å². The third kappa shape index (κ3) is 1.74. The van der Waals surface area contributed by atoms with E-state index in [0.29, 0.717) is 12.1 Å². The quantitative estimate of drug-likeness (QED) is 0.682. The third-order valence-electron chi connectivity index (χ3n) is 3.08. The Morgan fingerprint density at radius 3 is 2.07 bits per heavy atom. The van der Waals surface area contributed by atoms with Crippen LogP contribution in [0.5, 0.6) is 0 Å². The predicted molar refractivity (Wildman–Crippen MR) is 62.1 cm³/mol. The average molecular weight is 210 g/mol. The minimum Gasteiger partial charge on any atom is -0.366 e. The van der Waals surface area contributed by atoms with Crippen LogP contribution in [0.15, 0.2) is 24.3 Å². The fraction of sp³-hybridized carbons (Fsp3) is 0.500. The van der Waals surface area contributed by atoms with Gasteiger partial charge >= 0.3 is 0 Å². The van der Waals surface area contributed by atoms with E-state index in [1.54, 1.807) is 0 Å². The lowest BCUT2D eigenvalue weighted by Crippen LogP contribution is -2.32. The maximum atomic E-state index is 5.87. The van der Waals surface area contributed by atoms with E-state index in [2.05, 4.69) is 30.9 Å². The summed E-state index contributed by atoms with van der Waals surface area (Å²) in [5.41, 5.74) is 1.30. The van der Waals surface area contributed by atoms with Crippen molar-refractivity contribution in [3.63, 3.8) is 0 Å². The molecule has 1 aliphatic heterocycles. The van der Waals surface area contributed by atoms with Gasteiger partial charge in [-0.25, -0.2) is 0 Å². The van der Waals surface area contributed by atoms with Crippen LogP contribution in [0.2, 0.25) is 5.02 Å². The normalized spacial score (nSPS) is 26.9. The van der Waals surface area contributed by atoms with Crippen molar-refractivity contribution in [2.75, 3.05) is 4.90 Å². The van der Waals surface area contributed by atoms with Crippen LogP contribution in [0.3, 0.4) is 0 Å². The molecule has 2 rings (SSSR count). The number of hydrogen-bond donors (Lipinski definition) is 0. The summed E-state index contributed by atoms with van der Waals surface area (Å²) in [5.74, 6) is 0. The second-order valence-electron chi connectivity index (χ2n) is 4.16. The van der Waals surface area contributed by atoms with Gasteiger partial charge in [0.05, 0.1) is 0 Å². The molecule has 0 amide bonds. The Morgan fingerprint density at radius 2 is 1.57 bits per heavy atom. The highest BCUT2D eigenvalue weighted by Gasteiger charge is 2.26. The van der Waals surface area contributed by atoms with Crippen LogP contribution in [-0.4, -0.2) is 12.1 Å². The minimum absolute atomic E-state index is 0.658. The second kappa shape index (κ2) is 3.82. The third-order valence-corrected chi connectivity index (χ3v) is 3.33. The molecule has 0 saturated carbocycles. The van der Waals surface area contributed by atoms with Crippen LogP contribution < -0.4 is 4.90 Å². The first-order valence-electron chi connectivity index (χ1n) is 5.22. The first kappa shape index (κ1) is 9.85. The van der Waals surface area contributed by atoms with Crippen molar-refractivity contribution >= 4 is 17.3 Å². The van der Waals surface area contributed by atoms with Crippen LogP contribution in [0.25, 0.3) is 0 Å². The standard InChI is InChI=1S/C12H16ClN/c1-9-3-4-10(2)14(9)12-7-5-11(13)6-8-12/h5-10H,3-4H2,1-2H3/t9-,10+. The molecule has 0 N–H and O–H groups in total. The number of nitrogens with zero attached hydrogens (tertiary/aromatic N) is 1. The maximum absolute atomic E-state index is 5.87. The zero-order valence-corrected chi connectivity index (χ0v) is 9.46. The SMILES string of the molecule is C[C@@H]1CC[C@H](C)N1c1ccc(Cl)cc1. The molecule has 14 heavy (non-hydrogen) atoms. The van der Waals surface area contributed by atoms with E-state index in [9.17, 15) is 0 Å². The topological polar surface area (TPSA) is 3.24 Å². The Hall–Kier alpha value is -0.690. The Bertz CT molecular complexity index is 297. The molecule has 2 heteroatoms. The zero-order valence-electron chi connectivity index (χ0n) is 8.70. The highest BCUT2D eigenvalue weighted by Crippen LogP contribution is 2.30. The summed E-state index contributed by atoms with van der Waals surface area (Å²) in [4.78, 5) is 2.48. The number of anilines is 1. The van der Waals surface area contributed by atoms with E-state index in [1.807, 2.05) is 12.1 Å². The van der Waals surface area contributed by atoms with E-state index in [0.717, 1.165) is 5.02 Å². The summed E-state index contributed by atoms with van der Waals surface area (Å²) in [6.07, 6.45) is 2.59. The molecule has 1 heterocycles. The van der Waals surface area contributed by atoms with E-state index in [4.69, 9.17) is 11.6 Å². The van der Waals surface area contributed by atoms with Crippen molar-refractivity contribution in [2.24, 2.45) is 0 Å². The van der Waals surface area contributed by atoms with Gasteiger partial charge < -0.3 is 4.90 Å². The molecule has 0 spiro atoms. The summed E-state index contributed by atoms with van der Waals surface area (Å²) < 4.78 is 0. The fourth-order valence-corrected chi connectivity index (χ4v) is 2.44. The molecule has 0 radical (unpaired) electrons. The largest absolute Gasteiger partial charge is 0.366 e. The summed E-state index contributed by atoms with van der Waals surface area (Å²) in [7, 11) is 0. The summed E-state index contributed by atoms with van der Waals surface area (Å²) in [6, 6.07) is 9.47. The molecule has 0 unspecified atom stereocenters. The van der Waals surface area contributed by atoms with E-state index in [-0.39, 0.29) is 0 Å². The Kier molecular flexibility index (Phi) is 2.69. The highest BCUT2D eigenvalue weighted by atomic mass is 35.5. The van der Waals surface area contributed by atoms with E-state index >= 15 is 0 Å². The molecule has 2 atom stereocenters. The minimum atomic E-state index is 0.658. The molecule has 1 aromatic rings. The molecule has 0 aromatic heterocycles. The average Bonchev–Trinajstić information content (AvgIpc) is 2.49. The monoisotopic (exact) mass is 209 g/mol. The van der Waals surface area contributed by atoms with E-state index in [1.165, 1.54) is 18.5 Å². The molecule has 0 aliphatic carbocycles. The molecule has 1 aliphatic rings.